The Balaban J connectivity index is 1.61. The smallest absolute Gasteiger partial charge is 0.195 e. The second-order valence-electron chi connectivity index (χ2n) is 4.88. The summed E-state index contributed by atoms with van der Waals surface area (Å²) < 4.78 is 5.29. The lowest BCUT2D eigenvalue weighted by Crippen LogP contribution is -2.29. The minimum atomic E-state index is 0.108. The molecule has 0 saturated heterocycles. The van der Waals surface area contributed by atoms with Gasteiger partial charge in [-0.1, -0.05) is 17.7 Å². The van der Waals surface area contributed by atoms with E-state index in [1.165, 1.54) is 11.3 Å². The molecule has 0 aliphatic heterocycles. The minimum absolute atomic E-state index is 0.108. The van der Waals surface area contributed by atoms with Crippen molar-refractivity contribution >= 4 is 34.0 Å². The predicted molar refractivity (Wildman–Crippen MR) is 99.3 cm³/mol. The van der Waals surface area contributed by atoms with Crippen LogP contribution in [0.4, 0.5) is 5.13 Å². The number of nitrogens with zero attached hydrogens (tertiary/aromatic N) is 3. The van der Waals surface area contributed by atoms with Crippen LogP contribution in [0.2, 0.25) is 5.02 Å². The van der Waals surface area contributed by atoms with E-state index in [1.54, 1.807) is 31.6 Å². The van der Waals surface area contributed by atoms with Gasteiger partial charge >= 0.3 is 0 Å². The highest BCUT2D eigenvalue weighted by Gasteiger charge is 2.10. The third-order valence-electron chi connectivity index (χ3n) is 3.27. The first-order chi connectivity index (χ1) is 12.2. The number of hydrogen-bond acceptors (Lipinski definition) is 6. The van der Waals surface area contributed by atoms with Crippen molar-refractivity contribution in [1.82, 2.24) is 20.3 Å². The number of anilines is 1. The molecule has 0 atom stereocenters. The maximum absolute atomic E-state index is 8.02. The molecule has 3 rings (SSSR count). The fraction of sp³-hybridized carbons (Fsp3) is 0.125. The van der Waals surface area contributed by atoms with Gasteiger partial charge in [-0.3, -0.25) is 5.41 Å². The maximum atomic E-state index is 8.02. The minimum Gasteiger partial charge on any atom is -0.496 e. The molecule has 0 spiro atoms. The van der Waals surface area contributed by atoms with Crippen LogP contribution in [0, 0.1) is 5.41 Å². The fourth-order valence-corrected chi connectivity index (χ4v) is 3.02. The van der Waals surface area contributed by atoms with Crippen molar-refractivity contribution in [2.75, 3.05) is 12.4 Å². The lowest BCUT2D eigenvalue weighted by atomic mass is 10.2. The zero-order valence-electron chi connectivity index (χ0n) is 13.3. The summed E-state index contributed by atoms with van der Waals surface area (Å²) in [5.74, 6) is 1.33. The maximum Gasteiger partial charge on any atom is 0.195 e. The van der Waals surface area contributed by atoms with E-state index in [1.807, 2.05) is 17.5 Å². The van der Waals surface area contributed by atoms with Crippen molar-refractivity contribution in [3.63, 3.8) is 0 Å². The van der Waals surface area contributed by atoms with Crippen molar-refractivity contribution in [3.8, 4) is 17.3 Å². The van der Waals surface area contributed by atoms with Gasteiger partial charge in [-0.05, 0) is 18.2 Å². The number of benzene rings is 1. The van der Waals surface area contributed by atoms with Crippen molar-refractivity contribution in [2.45, 2.75) is 6.54 Å². The summed E-state index contributed by atoms with van der Waals surface area (Å²) in [6, 6.07) is 7.17. The highest BCUT2D eigenvalue weighted by atomic mass is 35.5. The molecule has 25 heavy (non-hydrogen) atoms. The normalized spacial score (nSPS) is 10.3. The number of ether oxygens (including phenoxy) is 1. The number of halogens is 1. The molecule has 0 saturated carbocycles. The molecule has 0 unspecified atom stereocenters. The highest BCUT2D eigenvalue weighted by molar-refractivity contribution is 7.14. The summed E-state index contributed by atoms with van der Waals surface area (Å²) in [6.07, 6.45) is 3.32. The number of thiazole rings is 1. The lowest BCUT2D eigenvalue weighted by Gasteiger charge is -2.12. The molecule has 3 aromatic rings. The average molecular weight is 375 g/mol. The molecule has 2 aromatic heterocycles. The highest BCUT2D eigenvalue weighted by Crippen LogP contribution is 2.26. The summed E-state index contributed by atoms with van der Waals surface area (Å²) in [7, 11) is 1.58. The SMILES string of the molecule is COc1cccc(Cl)c1CNC(=N)Nc1nc(-c2ncccn2)cs1. The monoisotopic (exact) mass is 374 g/mol. The summed E-state index contributed by atoms with van der Waals surface area (Å²) in [5.41, 5.74) is 1.45. The molecule has 0 aliphatic rings. The molecular weight excluding hydrogens is 360 g/mol. The van der Waals surface area contributed by atoms with Crippen LogP contribution in [0.5, 0.6) is 5.75 Å². The van der Waals surface area contributed by atoms with Crippen molar-refractivity contribution in [2.24, 2.45) is 0 Å². The predicted octanol–water partition coefficient (Wildman–Crippen LogP) is 3.40. The van der Waals surface area contributed by atoms with E-state index < -0.39 is 0 Å². The Kier molecular flexibility index (Phi) is 5.42. The Morgan fingerprint density at radius 2 is 2.08 bits per heavy atom. The van der Waals surface area contributed by atoms with Gasteiger partial charge in [-0.15, -0.1) is 11.3 Å². The van der Waals surface area contributed by atoms with Crippen LogP contribution < -0.4 is 15.4 Å². The first-order valence-corrected chi connectivity index (χ1v) is 8.57. The van der Waals surface area contributed by atoms with Gasteiger partial charge in [0.1, 0.15) is 11.4 Å². The lowest BCUT2D eigenvalue weighted by molar-refractivity contribution is 0.409. The van der Waals surface area contributed by atoms with Gasteiger partial charge in [0.15, 0.2) is 16.9 Å². The first-order valence-electron chi connectivity index (χ1n) is 7.31. The van der Waals surface area contributed by atoms with E-state index >= 15 is 0 Å². The Bertz CT molecular complexity index is 870. The summed E-state index contributed by atoms with van der Waals surface area (Å²) >= 11 is 7.56. The second-order valence-corrected chi connectivity index (χ2v) is 6.15. The van der Waals surface area contributed by atoms with Crippen LogP contribution in [0.1, 0.15) is 5.56 Å². The quantitative estimate of drug-likeness (QED) is 0.468. The molecule has 9 heteroatoms. The zero-order valence-corrected chi connectivity index (χ0v) is 14.9. The first kappa shape index (κ1) is 17.1. The van der Waals surface area contributed by atoms with Gasteiger partial charge in [-0.2, -0.15) is 0 Å². The summed E-state index contributed by atoms with van der Waals surface area (Å²) in [4.78, 5) is 12.7. The largest absolute Gasteiger partial charge is 0.496 e. The molecular formula is C16H15ClN6OS. The molecule has 0 radical (unpaired) electrons. The molecule has 3 N–H and O–H groups in total. The Morgan fingerprint density at radius 3 is 2.84 bits per heavy atom. The third kappa shape index (κ3) is 4.23. The third-order valence-corrected chi connectivity index (χ3v) is 4.38. The number of hydrogen-bond donors (Lipinski definition) is 3. The summed E-state index contributed by atoms with van der Waals surface area (Å²) in [5, 5.41) is 16.9. The Hall–Kier alpha value is -2.71. The molecule has 0 fully saturated rings. The van der Waals surface area contributed by atoms with Gasteiger partial charge in [-0.25, -0.2) is 15.0 Å². The van der Waals surface area contributed by atoms with Gasteiger partial charge in [0.05, 0.1) is 7.11 Å². The van der Waals surface area contributed by atoms with Crippen LogP contribution in [0.25, 0.3) is 11.5 Å². The topological polar surface area (TPSA) is 95.8 Å². The number of aromatic nitrogens is 3. The van der Waals surface area contributed by atoms with Crippen LogP contribution in [-0.2, 0) is 6.54 Å². The Labute approximate surface area is 153 Å². The van der Waals surface area contributed by atoms with Crippen molar-refractivity contribution in [1.29, 1.82) is 5.41 Å². The molecule has 7 nitrogen and oxygen atoms in total. The molecule has 0 bridgehead atoms. The van der Waals surface area contributed by atoms with E-state index in [4.69, 9.17) is 21.7 Å². The van der Waals surface area contributed by atoms with E-state index in [0.29, 0.717) is 34.0 Å². The van der Waals surface area contributed by atoms with Crippen molar-refractivity contribution in [3.05, 3.63) is 52.6 Å². The van der Waals surface area contributed by atoms with E-state index in [9.17, 15) is 0 Å². The molecule has 2 heterocycles. The van der Waals surface area contributed by atoms with Gasteiger partial charge in [0.25, 0.3) is 0 Å². The number of methoxy groups -OCH3 is 1. The molecule has 1 aromatic carbocycles. The number of rotatable bonds is 5. The number of nitrogens with one attached hydrogen (secondary N) is 3. The molecule has 0 amide bonds. The molecule has 128 valence electrons. The molecule has 0 aliphatic carbocycles. The van der Waals surface area contributed by atoms with Crippen molar-refractivity contribution < 1.29 is 4.74 Å². The van der Waals surface area contributed by atoms with Gasteiger partial charge in [0, 0.05) is 34.9 Å². The van der Waals surface area contributed by atoms with Crippen LogP contribution in [0.15, 0.2) is 42.0 Å². The fourth-order valence-electron chi connectivity index (χ4n) is 2.09. The standard InChI is InChI=1S/C16H15ClN6OS/c1-24-13-5-2-4-11(17)10(13)8-21-15(18)23-16-22-12(9-25-16)14-19-6-3-7-20-14/h2-7,9H,8H2,1H3,(H3,18,21,22,23). The van der Waals surface area contributed by atoms with Crippen LogP contribution >= 0.6 is 22.9 Å². The van der Waals surface area contributed by atoms with Crippen LogP contribution in [-0.4, -0.2) is 28.0 Å². The van der Waals surface area contributed by atoms with Gasteiger partial charge < -0.3 is 15.4 Å². The van der Waals surface area contributed by atoms with E-state index in [0.717, 1.165) is 5.56 Å². The van der Waals surface area contributed by atoms with E-state index in [-0.39, 0.29) is 5.96 Å². The Morgan fingerprint density at radius 1 is 1.28 bits per heavy atom. The van der Waals surface area contributed by atoms with E-state index in [2.05, 4.69) is 25.6 Å². The zero-order chi connectivity index (χ0) is 17.6. The van der Waals surface area contributed by atoms with Gasteiger partial charge in [0.2, 0.25) is 0 Å². The summed E-state index contributed by atoms with van der Waals surface area (Å²) in [6.45, 7) is 0.356. The number of guanidine groups is 1. The average Bonchev–Trinajstić information content (AvgIpc) is 3.09. The second kappa shape index (κ2) is 7.91. The van der Waals surface area contributed by atoms with Crippen LogP contribution in [0.3, 0.4) is 0 Å².